The van der Waals surface area contributed by atoms with Gasteiger partial charge in [-0.25, -0.2) is 4.98 Å². The molecule has 1 N–H and O–H groups in total. The highest BCUT2D eigenvalue weighted by molar-refractivity contribution is 7.18. The highest BCUT2D eigenvalue weighted by atomic mass is 32.1. The highest BCUT2D eigenvalue weighted by Crippen LogP contribution is 2.33. The van der Waals surface area contributed by atoms with Crippen LogP contribution in [-0.2, 0) is 4.79 Å². The van der Waals surface area contributed by atoms with Crippen LogP contribution in [0, 0.1) is 0 Å². The number of rotatable bonds is 5. The Hall–Kier alpha value is -2.44. The fourth-order valence-electron chi connectivity index (χ4n) is 3.54. The van der Waals surface area contributed by atoms with Crippen LogP contribution in [0.4, 0.5) is 5.69 Å². The Kier molecular flexibility index (Phi) is 5.36. The third-order valence-electron chi connectivity index (χ3n) is 5.00. The minimum Gasteiger partial charge on any atom is -0.495 e. The molecule has 5 nitrogen and oxygen atoms in total. The van der Waals surface area contributed by atoms with Crippen molar-refractivity contribution in [3.05, 3.63) is 53.5 Å². The van der Waals surface area contributed by atoms with Gasteiger partial charge in [0.2, 0.25) is 5.91 Å². The molecule has 0 spiro atoms. The van der Waals surface area contributed by atoms with E-state index < -0.39 is 0 Å². The molecule has 6 heteroatoms. The van der Waals surface area contributed by atoms with Crippen LogP contribution < -0.4 is 10.1 Å². The summed E-state index contributed by atoms with van der Waals surface area (Å²) in [4.78, 5) is 19.4. The van der Waals surface area contributed by atoms with Gasteiger partial charge in [0.15, 0.2) is 0 Å². The van der Waals surface area contributed by atoms with Crippen LogP contribution in [0.25, 0.3) is 10.2 Å². The van der Waals surface area contributed by atoms with Gasteiger partial charge in [-0.3, -0.25) is 9.69 Å². The lowest BCUT2D eigenvalue weighted by atomic mass is 9.97. The van der Waals surface area contributed by atoms with Gasteiger partial charge in [-0.05, 0) is 50.2 Å². The number of carbonyl (C=O) groups excluding carboxylic acids is 1. The fourth-order valence-corrected chi connectivity index (χ4v) is 4.68. The molecule has 0 aliphatic carbocycles. The Morgan fingerprint density at radius 2 is 1.93 bits per heavy atom. The van der Waals surface area contributed by atoms with Crippen molar-refractivity contribution in [2.45, 2.75) is 18.8 Å². The minimum atomic E-state index is -0.00191. The number of nitrogens with one attached hydrogen (secondary N) is 1. The molecule has 3 aromatic rings. The van der Waals surface area contributed by atoms with Crippen LogP contribution in [0.1, 0.15) is 23.8 Å². The zero-order chi connectivity index (χ0) is 18.6. The maximum atomic E-state index is 12.4. The van der Waals surface area contributed by atoms with Gasteiger partial charge in [-0.15, -0.1) is 11.3 Å². The molecule has 1 aromatic heterocycles. The molecule has 27 heavy (non-hydrogen) atoms. The third kappa shape index (κ3) is 4.12. The first-order valence-corrected chi connectivity index (χ1v) is 10.1. The summed E-state index contributed by atoms with van der Waals surface area (Å²) in [5.74, 6) is 1.18. The number of amides is 1. The lowest BCUT2D eigenvalue weighted by Gasteiger charge is -2.30. The van der Waals surface area contributed by atoms with E-state index >= 15 is 0 Å². The first-order chi connectivity index (χ1) is 13.2. The number of piperidine rings is 1. The second-order valence-corrected chi connectivity index (χ2v) is 7.88. The number of hydrogen-bond donors (Lipinski definition) is 1. The predicted molar refractivity (Wildman–Crippen MR) is 110 cm³/mol. The second-order valence-electron chi connectivity index (χ2n) is 6.82. The number of likely N-dealkylation sites (tertiary alicyclic amines) is 1. The van der Waals surface area contributed by atoms with E-state index in [0.717, 1.165) is 37.1 Å². The number of hydrogen-bond acceptors (Lipinski definition) is 5. The second kappa shape index (κ2) is 8.06. The number of anilines is 1. The number of carbonyl (C=O) groups is 1. The Balaban J connectivity index is 1.32. The van der Waals surface area contributed by atoms with Crippen molar-refractivity contribution in [2.24, 2.45) is 0 Å². The molecule has 2 aromatic carbocycles. The van der Waals surface area contributed by atoms with Crippen LogP contribution in [0.2, 0.25) is 0 Å². The van der Waals surface area contributed by atoms with Crippen molar-refractivity contribution in [3.8, 4) is 5.75 Å². The number of benzene rings is 2. The summed E-state index contributed by atoms with van der Waals surface area (Å²) in [5.41, 5.74) is 1.81. The number of nitrogens with zero attached hydrogens (tertiary/aromatic N) is 2. The summed E-state index contributed by atoms with van der Waals surface area (Å²) in [6.07, 6.45) is 2.09. The molecule has 0 saturated carbocycles. The van der Waals surface area contributed by atoms with Gasteiger partial charge in [-0.2, -0.15) is 0 Å². The van der Waals surface area contributed by atoms with Gasteiger partial charge in [0.25, 0.3) is 0 Å². The lowest BCUT2D eigenvalue weighted by molar-refractivity contribution is -0.117. The van der Waals surface area contributed by atoms with Crippen LogP contribution in [0.5, 0.6) is 5.75 Å². The number of fused-ring (bicyclic) bond motifs is 1. The number of thiazole rings is 1. The van der Waals surface area contributed by atoms with Crippen molar-refractivity contribution < 1.29 is 9.53 Å². The maximum absolute atomic E-state index is 12.4. The number of para-hydroxylation sites is 3. The molecule has 0 bridgehead atoms. The normalized spacial score (nSPS) is 15.7. The van der Waals surface area contributed by atoms with E-state index in [-0.39, 0.29) is 5.91 Å². The van der Waals surface area contributed by atoms with E-state index in [2.05, 4.69) is 28.4 Å². The van der Waals surface area contributed by atoms with Crippen LogP contribution in [0.15, 0.2) is 48.5 Å². The van der Waals surface area contributed by atoms with Crippen molar-refractivity contribution in [2.75, 3.05) is 32.1 Å². The average Bonchev–Trinajstić information content (AvgIpc) is 3.13. The van der Waals surface area contributed by atoms with E-state index in [1.54, 1.807) is 18.4 Å². The molecular formula is C21H23N3O2S. The van der Waals surface area contributed by atoms with Gasteiger partial charge in [0.1, 0.15) is 5.75 Å². The van der Waals surface area contributed by atoms with Crippen molar-refractivity contribution >= 4 is 33.1 Å². The first-order valence-electron chi connectivity index (χ1n) is 9.23. The standard InChI is InChI=1S/C21H23N3O2S/c1-26-18-8-4-2-6-16(18)22-20(25)14-24-12-10-15(11-13-24)21-23-17-7-3-5-9-19(17)27-21/h2-9,15H,10-14H2,1H3,(H,22,25). The third-order valence-corrected chi connectivity index (χ3v) is 6.19. The Morgan fingerprint density at radius 3 is 2.70 bits per heavy atom. The smallest absolute Gasteiger partial charge is 0.238 e. The zero-order valence-corrected chi connectivity index (χ0v) is 16.2. The molecule has 0 atom stereocenters. The molecule has 1 aliphatic rings. The SMILES string of the molecule is COc1ccccc1NC(=O)CN1CCC(c2nc3ccccc3s2)CC1. The number of ether oxygens (including phenoxy) is 1. The number of aromatic nitrogens is 1. The Labute approximate surface area is 163 Å². The lowest BCUT2D eigenvalue weighted by Crippen LogP contribution is -2.38. The van der Waals surface area contributed by atoms with E-state index in [9.17, 15) is 4.79 Å². The molecule has 0 unspecified atom stereocenters. The average molecular weight is 382 g/mol. The Morgan fingerprint density at radius 1 is 1.19 bits per heavy atom. The summed E-state index contributed by atoms with van der Waals surface area (Å²) < 4.78 is 6.55. The van der Waals surface area contributed by atoms with Gasteiger partial charge in [-0.1, -0.05) is 24.3 Å². The van der Waals surface area contributed by atoms with Crippen molar-refractivity contribution in [1.82, 2.24) is 9.88 Å². The summed E-state index contributed by atoms with van der Waals surface area (Å²) in [6.45, 7) is 2.24. The molecule has 2 heterocycles. The summed E-state index contributed by atoms with van der Waals surface area (Å²) in [5, 5.41) is 4.18. The van der Waals surface area contributed by atoms with Gasteiger partial charge in [0.05, 0.1) is 34.6 Å². The molecule has 1 fully saturated rings. The fraction of sp³-hybridized carbons (Fsp3) is 0.333. The van der Waals surface area contributed by atoms with Crippen LogP contribution in [-0.4, -0.2) is 42.5 Å². The molecular weight excluding hydrogens is 358 g/mol. The van der Waals surface area contributed by atoms with Crippen molar-refractivity contribution in [1.29, 1.82) is 0 Å². The van der Waals surface area contributed by atoms with E-state index in [0.29, 0.717) is 18.2 Å². The van der Waals surface area contributed by atoms with E-state index in [4.69, 9.17) is 9.72 Å². The molecule has 1 aliphatic heterocycles. The minimum absolute atomic E-state index is 0.00191. The van der Waals surface area contributed by atoms with E-state index in [1.165, 1.54) is 9.71 Å². The molecule has 4 rings (SSSR count). The molecule has 1 amide bonds. The summed E-state index contributed by atoms with van der Waals surface area (Å²) in [7, 11) is 1.61. The van der Waals surface area contributed by atoms with Gasteiger partial charge < -0.3 is 10.1 Å². The zero-order valence-electron chi connectivity index (χ0n) is 15.4. The molecule has 1 saturated heterocycles. The summed E-state index contributed by atoms with van der Waals surface area (Å²) in [6, 6.07) is 15.8. The van der Waals surface area contributed by atoms with Crippen LogP contribution in [0.3, 0.4) is 0 Å². The summed E-state index contributed by atoms with van der Waals surface area (Å²) >= 11 is 1.80. The number of methoxy groups -OCH3 is 1. The Bertz CT molecular complexity index is 899. The monoisotopic (exact) mass is 381 g/mol. The van der Waals surface area contributed by atoms with Crippen molar-refractivity contribution in [3.63, 3.8) is 0 Å². The molecule has 0 radical (unpaired) electrons. The topological polar surface area (TPSA) is 54.5 Å². The molecule has 140 valence electrons. The largest absolute Gasteiger partial charge is 0.495 e. The van der Waals surface area contributed by atoms with E-state index in [1.807, 2.05) is 30.3 Å². The maximum Gasteiger partial charge on any atom is 0.238 e. The van der Waals surface area contributed by atoms with Crippen LogP contribution >= 0.6 is 11.3 Å². The van der Waals surface area contributed by atoms with Gasteiger partial charge in [0, 0.05) is 5.92 Å². The van der Waals surface area contributed by atoms with Gasteiger partial charge >= 0.3 is 0 Å². The first kappa shape index (κ1) is 17.9. The quantitative estimate of drug-likeness (QED) is 0.722. The predicted octanol–water partition coefficient (Wildman–Crippen LogP) is 4.12. The highest BCUT2D eigenvalue weighted by Gasteiger charge is 2.24.